The van der Waals surface area contributed by atoms with E-state index in [2.05, 4.69) is 0 Å². The number of fused-ring (bicyclic) bond motifs is 1. The Morgan fingerprint density at radius 2 is 1.91 bits per heavy atom. The van der Waals surface area contributed by atoms with Crippen LogP contribution < -0.4 is 0 Å². The first-order valence-corrected chi connectivity index (χ1v) is 7.46. The normalized spacial score (nSPS) is 38.6. The van der Waals surface area contributed by atoms with Gasteiger partial charge in [0.2, 0.25) is 6.04 Å². The first kappa shape index (κ1) is 16.3. The molecule has 0 spiro atoms. The lowest BCUT2D eigenvalue weighted by Crippen LogP contribution is -2.64. The third kappa shape index (κ3) is 3.08. The number of aliphatic hydroxyl groups excluding tert-OH is 2. The van der Waals surface area contributed by atoms with E-state index in [1.54, 1.807) is 0 Å². The zero-order valence-electron chi connectivity index (χ0n) is 12.5. The number of rotatable bonds is 3. The van der Waals surface area contributed by atoms with Crippen molar-refractivity contribution in [3.8, 4) is 0 Å². The van der Waals surface area contributed by atoms with Crippen LogP contribution in [0.5, 0.6) is 0 Å². The van der Waals surface area contributed by atoms with E-state index in [-0.39, 0.29) is 6.61 Å². The van der Waals surface area contributed by atoms with Gasteiger partial charge in [0.25, 0.3) is 0 Å². The molecule has 2 aliphatic rings. The Bertz CT molecular complexity index is 552. The SMILES string of the molecule is C[C@@H]([C@@H]1O[C@@H]2COC(c3ccccc3)O[C@H]2[C@H](O)[C@H]1O)[N+](=O)[O-]. The van der Waals surface area contributed by atoms with Crippen LogP contribution in [-0.2, 0) is 14.2 Å². The van der Waals surface area contributed by atoms with E-state index < -0.39 is 47.8 Å². The second kappa shape index (κ2) is 6.50. The van der Waals surface area contributed by atoms with Crippen LogP contribution in [0.1, 0.15) is 18.8 Å². The van der Waals surface area contributed by atoms with Crippen molar-refractivity contribution in [1.82, 2.24) is 0 Å². The lowest BCUT2D eigenvalue weighted by Gasteiger charge is -2.46. The van der Waals surface area contributed by atoms with Gasteiger partial charge in [0.05, 0.1) is 6.61 Å². The summed E-state index contributed by atoms with van der Waals surface area (Å²) < 4.78 is 16.9. The number of aliphatic hydroxyl groups is 2. The van der Waals surface area contributed by atoms with E-state index in [1.807, 2.05) is 30.3 Å². The predicted molar refractivity (Wildman–Crippen MR) is 77.1 cm³/mol. The van der Waals surface area contributed by atoms with Gasteiger partial charge < -0.3 is 24.4 Å². The molecule has 7 atom stereocenters. The molecule has 8 heteroatoms. The highest BCUT2D eigenvalue weighted by Crippen LogP contribution is 2.34. The molecule has 23 heavy (non-hydrogen) atoms. The fourth-order valence-corrected chi connectivity index (χ4v) is 2.94. The average molecular weight is 325 g/mol. The number of benzene rings is 1. The quantitative estimate of drug-likeness (QED) is 0.605. The molecule has 2 aliphatic heterocycles. The zero-order chi connectivity index (χ0) is 16.6. The molecule has 2 saturated heterocycles. The molecule has 1 aromatic rings. The minimum absolute atomic E-state index is 0.120. The van der Waals surface area contributed by atoms with Gasteiger partial charge in [-0.05, 0) is 0 Å². The van der Waals surface area contributed by atoms with Crippen LogP contribution in [-0.4, -0.2) is 58.3 Å². The number of nitrogens with zero attached hydrogens (tertiary/aromatic N) is 1. The van der Waals surface area contributed by atoms with Crippen molar-refractivity contribution in [3.05, 3.63) is 46.0 Å². The molecule has 2 fully saturated rings. The fourth-order valence-electron chi connectivity index (χ4n) is 2.94. The van der Waals surface area contributed by atoms with E-state index in [4.69, 9.17) is 14.2 Å². The van der Waals surface area contributed by atoms with Crippen LogP contribution in [0, 0.1) is 10.1 Å². The van der Waals surface area contributed by atoms with E-state index in [1.165, 1.54) is 6.92 Å². The molecule has 0 aliphatic carbocycles. The van der Waals surface area contributed by atoms with Gasteiger partial charge >= 0.3 is 0 Å². The lowest BCUT2D eigenvalue weighted by molar-refractivity contribution is -0.539. The Balaban J connectivity index is 1.74. The summed E-state index contributed by atoms with van der Waals surface area (Å²) in [5.41, 5.74) is 0.786. The maximum absolute atomic E-state index is 10.9. The Morgan fingerprint density at radius 3 is 2.57 bits per heavy atom. The average Bonchev–Trinajstić information content (AvgIpc) is 2.58. The van der Waals surface area contributed by atoms with Gasteiger partial charge in [-0.3, -0.25) is 10.1 Å². The molecule has 1 aromatic carbocycles. The second-order valence-electron chi connectivity index (χ2n) is 5.82. The Kier molecular flexibility index (Phi) is 4.60. The summed E-state index contributed by atoms with van der Waals surface area (Å²) in [5.74, 6) is 0. The van der Waals surface area contributed by atoms with Crippen molar-refractivity contribution < 1.29 is 29.3 Å². The monoisotopic (exact) mass is 325 g/mol. The lowest BCUT2D eigenvalue weighted by atomic mass is 9.91. The largest absolute Gasteiger partial charge is 0.387 e. The van der Waals surface area contributed by atoms with Gasteiger partial charge in [0.1, 0.15) is 24.4 Å². The van der Waals surface area contributed by atoms with Gasteiger partial charge in [-0.15, -0.1) is 0 Å². The smallest absolute Gasteiger partial charge is 0.238 e. The molecule has 0 amide bonds. The maximum atomic E-state index is 10.9. The molecule has 2 heterocycles. The van der Waals surface area contributed by atoms with Crippen molar-refractivity contribution >= 4 is 0 Å². The van der Waals surface area contributed by atoms with E-state index in [0.717, 1.165) is 5.56 Å². The van der Waals surface area contributed by atoms with Crippen molar-refractivity contribution in [1.29, 1.82) is 0 Å². The van der Waals surface area contributed by atoms with Crippen LogP contribution in [0.25, 0.3) is 0 Å². The molecular weight excluding hydrogens is 306 g/mol. The number of nitro groups is 1. The summed E-state index contributed by atoms with van der Waals surface area (Å²) in [4.78, 5) is 10.4. The van der Waals surface area contributed by atoms with E-state index >= 15 is 0 Å². The number of hydrogen-bond acceptors (Lipinski definition) is 7. The number of hydrogen-bond donors (Lipinski definition) is 2. The van der Waals surface area contributed by atoms with Gasteiger partial charge in [-0.1, -0.05) is 30.3 Å². The molecule has 0 bridgehead atoms. The van der Waals surface area contributed by atoms with Gasteiger partial charge in [-0.25, -0.2) is 0 Å². The summed E-state index contributed by atoms with van der Waals surface area (Å²) in [6.07, 6.45) is -5.93. The first-order valence-electron chi connectivity index (χ1n) is 7.46. The highest BCUT2D eigenvalue weighted by molar-refractivity contribution is 5.16. The van der Waals surface area contributed by atoms with Crippen molar-refractivity contribution in [2.75, 3.05) is 6.61 Å². The van der Waals surface area contributed by atoms with Gasteiger partial charge in [0, 0.05) is 17.4 Å². The Hall–Kier alpha value is -1.58. The van der Waals surface area contributed by atoms with E-state index in [0.29, 0.717) is 0 Å². The Morgan fingerprint density at radius 1 is 1.22 bits per heavy atom. The molecule has 126 valence electrons. The Labute approximate surface area is 132 Å². The molecule has 2 N–H and O–H groups in total. The van der Waals surface area contributed by atoms with Crippen LogP contribution >= 0.6 is 0 Å². The summed E-state index contributed by atoms with van der Waals surface area (Å²) in [6.45, 7) is 1.45. The minimum atomic E-state index is -1.40. The van der Waals surface area contributed by atoms with Crippen molar-refractivity contribution in [2.24, 2.45) is 0 Å². The third-order valence-electron chi connectivity index (χ3n) is 4.29. The van der Waals surface area contributed by atoms with Gasteiger partial charge in [-0.2, -0.15) is 0 Å². The van der Waals surface area contributed by atoms with Crippen molar-refractivity contribution in [3.63, 3.8) is 0 Å². The van der Waals surface area contributed by atoms with Crippen LogP contribution in [0.3, 0.4) is 0 Å². The third-order valence-corrected chi connectivity index (χ3v) is 4.29. The van der Waals surface area contributed by atoms with Crippen LogP contribution in [0.4, 0.5) is 0 Å². The van der Waals surface area contributed by atoms with Gasteiger partial charge in [0.15, 0.2) is 12.4 Å². The summed E-state index contributed by atoms with van der Waals surface area (Å²) in [6, 6.07) is 8.05. The highest BCUT2D eigenvalue weighted by Gasteiger charge is 2.52. The predicted octanol–water partition coefficient (Wildman–Crippen LogP) is 0.255. The summed E-state index contributed by atoms with van der Waals surface area (Å²) in [5, 5.41) is 31.4. The molecule has 0 radical (unpaired) electrons. The standard InChI is InChI=1S/C15H19NO7/c1-8(16(19)20)13-11(17)12(18)14-10(22-13)7-21-15(23-14)9-5-3-2-4-6-9/h2-6,8,10-15,17-18H,7H2,1H3/t8-,10+,11+,12+,13-,14+,15?/m0/s1. The summed E-state index contributed by atoms with van der Waals surface area (Å²) in [7, 11) is 0. The molecule has 1 unspecified atom stereocenters. The number of ether oxygens (including phenoxy) is 3. The molecule has 8 nitrogen and oxygen atoms in total. The molecule has 0 saturated carbocycles. The molecule has 0 aromatic heterocycles. The van der Waals surface area contributed by atoms with E-state index in [9.17, 15) is 20.3 Å². The first-order chi connectivity index (χ1) is 11.0. The topological polar surface area (TPSA) is 111 Å². The van der Waals surface area contributed by atoms with Crippen LogP contribution in [0.15, 0.2) is 30.3 Å². The van der Waals surface area contributed by atoms with Crippen LogP contribution in [0.2, 0.25) is 0 Å². The highest BCUT2D eigenvalue weighted by atomic mass is 16.7. The minimum Gasteiger partial charge on any atom is -0.387 e. The maximum Gasteiger partial charge on any atom is 0.238 e. The molecular formula is C15H19NO7. The van der Waals surface area contributed by atoms with Crippen molar-refractivity contribution in [2.45, 2.75) is 49.8 Å². The summed E-state index contributed by atoms with van der Waals surface area (Å²) >= 11 is 0. The zero-order valence-corrected chi connectivity index (χ0v) is 12.5. The molecule has 3 rings (SSSR count). The fraction of sp³-hybridized carbons (Fsp3) is 0.600. The second-order valence-corrected chi connectivity index (χ2v) is 5.82.